The van der Waals surface area contributed by atoms with Crippen LogP contribution in [0.4, 0.5) is 4.39 Å². The highest BCUT2D eigenvalue weighted by Gasteiger charge is 2.38. The number of nitrogens with zero attached hydrogens (tertiary/aromatic N) is 1. The average molecular weight is 301 g/mol. The molecule has 1 atom stereocenters. The predicted octanol–water partition coefficient (Wildman–Crippen LogP) is 3.36. The molecule has 4 heteroatoms. The molecule has 2 aliphatic heterocycles. The van der Waals surface area contributed by atoms with E-state index < -0.39 is 5.60 Å². The first-order chi connectivity index (χ1) is 10.6. The lowest BCUT2D eigenvalue weighted by atomic mass is 9.81. The number of rotatable bonds is 2. The van der Waals surface area contributed by atoms with E-state index in [0.29, 0.717) is 26.2 Å². The maximum atomic E-state index is 13.3. The lowest BCUT2D eigenvalue weighted by Crippen LogP contribution is -2.33. The first kappa shape index (κ1) is 15.0. The molecule has 2 heterocycles. The number of allylic oxidation sites excluding steroid dienone is 1. The van der Waals surface area contributed by atoms with Crippen molar-refractivity contribution in [2.24, 2.45) is 0 Å². The van der Waals surface area contributed by atoms with Gasteiger partial charge in [0.05, 0.1) is 19.8 Å². The largest absolute Gasteiger partial charge is 0.379 e. The van der Waals surface area contributed by atoms with Crippen LogP contribution in [0.25, 0.3) is 0 Å². The summed E-state index contributed by atoms with van der Waals surface area (Å²) < 4.78 is 25.1. The van der Waals surface area contributed by atoms with E-state index in [-0.39, 0.29) is 5.82 Å². The van der Waals surface area contributed by atoms with Crippen LogP contribution >= 0.6 is 0 Å². The maximum Gasteiger partial charge on any atom is 0.123 e. The van der Waals surface area contributed by atoms with Crippen LogP contribution in [-0.2, 0) is 15.1 Å². The second-order valence-corrected chi connectivity index (χ2v) is 5.56. The predicted molar refractivity (Wildman–Crippen MR) is 83.6 cm³/mol. The van der Waals surface area contributed by atoms with Crippen LogP contribution in [0.5, 0.6) is 0 Å². The van der Waals surface area contributed by atoms with E-state index in [9.17, 15) is 4.39 Å². The molecular formula is C18H20FNO2. The third-order valence-electron chi connectivity index (χ3n) is 4.20. The van der Waals surface area contributed by atoms with Crippen LogP contribution in [0, 0.1) is 5.82 Å². The zero-order valence-corrected chi connectivity index (χ0v) is 12.7. The lowest BCUT2D eigenvalue weighted by Gasteiger charge is -2.36. The number of benzene rings is 1. The van der Waals surface area contributed by atoms with Gasteiger partial charge in [-0.15, -0.1) is 0 Å². The first-order valence-electron chi connectivity index (χ1n) is 7.42. The van der Waals surface area contributed by atoms with Crippen molar-refractivity contribution in [1.29, 1.82) is 0 Å². The summed E-state index contributed by atoms with van der Waals surface area (Å²) in [6.45, 7) is 5.73. The minimum Gasteiger partial charge on any atom is -0.379 e. The average Bonchev–Trinajstić information content (AvgIpc) is 2.77. The normalized spacial score (nSPS) is 25.8. The van der Waals surface area contributed by atoms with Crippen molar-refractivity contribution in [2.45, 2.75) is 12.0 Å². The van der Waals surface area contributed by atoms with Gasteiger partial charge in [0.1, 0.15) is 11.4 Å². The Morgan fingerprint density at radius 2 is 1.95 bits per heavy atom. The molecule has 0 amide bonds. The molecule has 1 unspecified atom stereocenters. The van der Waals surface area contributed by atoms with Crippen molar-refractivity contribution < 1.29 is 13.9 Å². The van der Waals surface area contributed by atoms with E-state index in [1.807, 2.05) is 30.3 Å². The van der Waals surface area contributed by atoms with Gasteiger partial charge in [0, 0.05) is 25.4 Å². The van der Waals surface area contributed by atoms with Crippen LogP contribution in [-0.4, -0.2) is 31.8 Å². The van der Waals surface area contributed by atoms with Gasteiger partial charge in [0.2, 0.25) is 0 Å². The Kier molecular flexibility index (Phi) is 4.14. The van der Waals surface area contributed by atoms with Crippen LogP contribution < -0.4 is 0 Å². The third-order valence-corrected chi connectivity index (χ3v) is 4.20. The Bertz CT molecular complexity index is 610. The summed E-state index contributed by atoms with van der Waals surface area (Å²) in [5, 5.41) is 0. The fourth-order valence-electron chi connectivity index (χ4n) is 2.87. The number of ether oxygens (including phenoxy) is 2. The quantitative estimate of drug-likeness (QED) is 0.836. The molecule has 0 aromatic heterocycles. The summed E-state index contributed by atoms with van der Waals surface area (Å²) >= 11 is 0. The summed E-state index contributed by atoms with van der Waals surface area (Å²) in [6, 6.07) is 6.52. The third kappa shape index (κ3) is 2.72. The summed E-state index contributed by atoms with van der Waals surface area (Å²) in [6.07, 6.45) is 6.71. The molecule has 0 saturated carbocycles. The highest BCUT2D eigenvalue weighted by atomic mass is 19.1. The van der Waals surface area contributed by atoms with Crippen molar-refractivity contribution in [3.8, 4) is 0 Å². The van der Waals surface area contributed by atoms with E-state index in [2.05, 4.69) is 6.58 Å². The Hall–Kier alpha value is -1.91. The molecule has 1 aromatic rings. The van der Waals surface area contributed by atoms with Gasteiger partial charge < -0.3 is 14.4 Å². The minimum absolute atomic E-state index is 0.249. The first-order valence-corrected chi connectivity index (χ1v) is 7.42. The molecule has 0 N–H and O–H groups in total. The van der Waals surface area contributed by atoms with Gasteiger partial charge in [-0.25, -0.2) is 4.39 Å². The molecule has 22 heavy (non-hydrogen) atoms. The van der Waals surface area contributed by atoms with Crippen LogP contribution in [0.1, 0.15) is 12.0 Å². The number of halogens is 1. The van der Waals surface area contributed by atoms with Gasteiger partial charge in [-0.2, -0.15) is 0 Å². The Labute approximate surface area is 130 Å². The minimum atomic E-state index is -0.620. The highest BCUT2D eigenvalue weighted by Crippen LogP contribution is 2.41. The maximum absolute atomic E-state index is 13.3. The number of likely N-dealkylation sites (N-methyl/N-ethyl adjacent to an activating group) is 1. The number of hydrogen-bond donors (Lipinski definition) is 0. The summed E-state index contributed by atoms with van der Waals surface area (Å²) in [5.74, 6) is -0.249. The molecule has 116 valence electrons. The van der Waals surface area contributed by atoms with Gasteiger partial charge in [-0.1, -0.05) is 18.7 Å². The standard InChI is InChI=1S/C18H20FNO2/c1-14-13-16(7-9-20(14)2)18(8-10-21-11-12-22-18)15-3-5-17(19)6-4-15/h3-7,9,13H,1,8,10-12H2,2H3. The van der Waals surface area contributed by atoms with Crippen molar-refractivity contribution >= 4 is 0 Å². The fourth-order valence-corrected chi connectivity index (χ4v) is 2.87. The molecule has 1 saturated heterocycles. The van der Waals surface area contributed by atoms with Gasteiger partial charge in [-0.3, -0.25) is 0 Å². The Balaban J connectivity index is 2.07. The molecule has 0 aliphatic carbocycles. The summed E-state index contributed by atoms with van der Waals surface area (Å²) in [7, 11) is 1.95. The highest BCUT2D eigenvalue weighted by molar-refractivity contribution is 5.45. The van der Waals surface area contributed by atoms with E-state index in [0.717, 1.165) is 16.8 Å². The topological polar surface area (TPSA) is 21.7 Å². The zero-order valence-electron chi connectivity index (χ0n) is 12.7. The van der Waals surface area contributed by atoms with E-state index >= 15 is 0 Å². The summed E-state index contributed by atoms with van der Waals surface area (Å²) in [5.41, 5.74) is 2.23. The van der Waals surface area contributed by atoms with Crippen LogP contribution in [0.2, 0.25) is 0 Å². The summed E-state index contributed by atoms with van der Waals surface area (Å²) in [4.78, 5) is 1.95. The molecule has 2 aliphatic rings. The van der Waals surface area contributed by atoms with Crippen molar-refractivity contribution in [2.75, 3.05) is 26.9 Å². The van der Waals surface area contributed by atoms with E-state index in [1.54, 1.807) is 12.1 Å². The molecule has 0 spiro atoms. The monoisotopic (exact) mass is 301 g/mol. The molecule has 0 bridgehead atoms. The van der Waals surface area contributed by atoms with Crippen molar-refractivity contribution in [3.05, 3.63) is 71.8 Å². The molecule has 1 aromatic carbocycles. The zero-order chi connectivity index (χ0) is 15.6. The van der Waals surface area contributed by atoms with Gasteiger partial charge >= 0.3 is 0 Å². The Morgan fingerprint density at radius 1 is 1.18 bits per heavy atom. The molecule has 3 rings (SSSR count). The second kappa shape index (κ2) is 6.07. The smallest absolute Gasteiger partial charge is 0.123 e. The van der Waals surface area contributed by atoms with Gasteiger partial charge in [0.15, 0.2) is 0 Å². The van der Waals surface area contributed by atoms with Gasteiger partial charge in [-0.05, 0) is 35.4 Å². The van der Waals surface area contributed by atoms with E-state index in [4.69, 9.17) is 9.47 Å². The molecular weight excluding hydrogens is 281 g/mol. The fraction of sp³-hybridized carbons (Fsp3) is 0.333. The van der Waals surface area contributed by atoms with Crippen molar-refractivity contribution in [3.63, 3.8) is 0 Å². The SMILES string of the molecule is C=C1C=C(C2(c3ccc(F)cc3)CCOCCO2)C=CN1C. The number of hydrogen-bond acceptors (Lipinski definition) is 3. The lowest BCUT2D eigenvalue weighted by molar-refractivity contribution is -0.0128. The van der Waals surface area contributed by atoms with Crippen LogP contribution in [0.15, 0.2) is 60.5 Å². The Morgan fingerprint density at radius 3 is 2.68 bits per heavy atom. The second-order valence-electron chi connectivity index (χ2n) is 5.56. The molecule has 0 radical (unpaired) electrons. The molecule has 1 fully saturated rings. The molecule has 3 nitrogen and oxygen atoms in total. The van der Waals surface area contributed by atoms with Gasteiger partial charge in [0.25, 0.3) is 0 Å². The van der Waals surface area contributed by atoms with Crippen LogP contribution in [0.3, 0.4) is 0 Å². The van der Waals surface area contributed by atoms with E-state index in [1.165, 1.54) is 12.1 Å². The van der Waals surface area contributed by atoms with Crippen molar-refractivity contribution in [1.82, 2.24) is 4.90 Å².